The first kappa shape index (κ1) is 12.2. The van der Waals surface area contributed by atoms with Crippen LogP contribution in [0.25, 0.3) is 0 Å². The summed E-state index contributed by atoms with van der Waals surface area (Å²) in [6.45, 7) is 3.80. The maximum Gasteiger partial charge on any atom is 0.224 e. The summed E-state index contributed by atoms with van der Waals surface area (Å²) in [5.41, 5.74) is 0.787. The SMILES string of the molecule is CC(C)NC(=O)Cc1ccc(F)cc1Br. The predicted octanol–water partition coefficient (Wildman–Crippen LogP) is 2.66. The Bertz CT molecular complexity index is 366. The Balaban J connectivity index is 2.68. The first-order valence-corrected chi connectivity index (χ1v) is 5.51. The molecule has 0 unspecified atom stereocenters. The van der Waals surface area contributed by atoms with Crippen LogP contribution < -0.4 is 5.32 Å². The van der Waals surface area contributed by atoms with Crippen molar-refractivity contribution in [3.05, 3.63) is 34.1 Å². The molecule has 0 aliphatic carbocycles. The zero-order valence-electron chi connectivity index (χ0n) is 8.68. The Morgan fingerprint density at radius 1 is 1.53 bits per heavy atom. The highest BCUT2D eigenvalue weighted by molar-refractivity contribution is 9.10. The van der Waals surface area contributed by atoms with E-state index in [4.69, 9.17) is 0 Å². The van der Waals surface area contributed by atoms with Crippen LogP contribution in [0.2, 0.25) is 0 Å². The number of halogens is 2. The number of hydrogen-bond donors (Lipinski definition) is 1. The molecule has 1 aromatic rings. The van der Waals surface area contributed by atoms with Crippen LogP contribution in [0.5, 0.6) is 0 Å². The number of carbonyl (C=O) groups is 1. The largest absolute Gasteiger partial charge is 0.354 e. The molecule has 0 atom stereocenters. The van der Waals surface area contributed by atoms with Gasteiger partial charge in [0.2, 0.25) is 5.91 Å². The Hall–Kier alpha value is -0.900. The van der Waals surface area contributed by atoms with Crippen LogP contribution in [0.4, 0.5) is 4.39 Å². The third kappa shape index (κ3) is 4.00. The van der Waals surface area contributed by atoms with Crippen molar-refractivity contribution in [3.8, 4) is 0 Å². The van der Waals surface area contributed by atoms with Gasteiger partial charge >= 0.3 is 0 Å². The number of nitrogens with one attached hydrogen (secondary N) is 1. The molecule has 1 aromatic carbocycles. The Morgan fingerprint density at radius 3 is 2.73 bits per heavy atom. The summed E-state index contributed by atoms with van der Waals surface area (Å²) in [5.74, 6) is -0.368. The lowest BCUT2D eigenvalue weighted by Crippen LogP contribution is -2.31. The van der Waals surface area contributed by atoms with Crippen molar-refractivity contribution in [1.82, 2.24) is 5.32 Å². The molecule has 0 aliphatic heterocycles. The van der Waals surface area contributed by atoms with Crippen LogP contribution in [-0.2, 0) is 11.2 Å². The lowest BCUT2D eigenvalue weighted by Gasteiger charge is -2.09. The van der Waals surface area contributed by atoms with E-state index in [2.05, 4.69) is 21.2 Å². The second kappa shape index (κ2) is 5.26. The summed E-state index contributed by atoms with van der Waals surface area (Å²) in [6.07, 6.45) is 0.263. The molecule has 0 heterocycles. The van der Waals surface area contributed by atoms with E-state index in [1.54, 1.807) is 6.07 Å². The fourth-order valence-electron chi connectivity index (χ4n) is 1.21. The second-order valence-electron chi connectivity index (χ2n) is 3.63. The quantitative estimate of drug-likeness (QED) is 0.902. The van der Waals surface area contributed by atoms with Gasteiger partial charge in [-0.15, -0.1) is 0 Å². The van der Waals surface area contributed by atoms with Gasteiger partial charge < -0.3 is 5.32 Å². The predicted molar refractivity (Wildman–Crippen MR) is 61.1 cm³/mol. The van der Waals surface area contributed by atoms with E-state index in [1.165, 1.54) is 12.1 Å². The molecule has 15 heavy (non-hydrogen) atoms. The Kier molecular flexibility index (Phi) is 4.27. The standard InChI is InChI=1S/C11H13BrFNO/c1-7(2)14-11(15)5-8-3-4-9(13)6-10(8)12/h3-4,6-7H,5H2,1-2H3,(H,14,15). The van der Waals surface area contributed by atoms with Crippen molar-refractivity contribution >= 4 is 21.8 Å². The topological polar surface area (TPSA) is 29.1 Å². The summed E-state index contributed by atoms with van der Waals surface area (Å²) in [5, 5.41) is 2.78. The summed E-state index contributed by atoms with van der Waals surface area (Å²) >= 11 is 3.22. The molecule has 0 aliphatic rings. The molecule has 0 fully saturated rings. The average molecular weight is 274 g/mol. The normalized spacial score (nSPS) is 10.5. The van der Waals surface area contributed by atoms with Gasteiger partial charge in [0.05, 0.1) is 6.42 Å². The summed E-state index contributed by atoms with van der Waals surface area (Å²) in [6, 6.07) is 4.44. The van der Waals surface area contributed by atoms with E-state index in [9.17, 15) is 9.18 Å². The van der Waals surface area contributed by atoms with Crippen molar-refractivity contribution < 1.29 is 9.18 Å². The van der Waals surface area contributed by atoms with Crippen molar-refractivity contribution in [2.75, 3.05) is 0 Å². The van der Waals surface area contributed by atoms with Crippen LogP contribution in [0, 0.1) is 5.82 Å². The molecular formula is C11H13BrFNO. The van der Waals surface area contributed by atoms with Crippen molar-refractivity contribution in [2.45, 2.75) is 26.3 Å². The van der Waals surface area contributed by atoms with Crippen molar-refractivity contribution in [1.29, 1.82) is 0 Å². The number of carbonyl (C=O) groups excluding carboxylic acids is 1. The third-order valence-electron chi connectivity index (χ3n) is 1.82. The molecule has 1 rings (SSSR count). The van der Waals surface area contributed by atoms with Gasteiger partial charge in [0.15, 0.2) is 0 Å². The summed E-state index contributed by atoms with van der Waals surface area (Å²) in [4.78, 5) is 11.4. The molecule has 2 nitrogen and oxygen atoms in total. The molecule has 0 aromatic heterocycles. The first-order valence-electron chi connectivity index (χ1n) is 4.72. The molecule has 0 saturated heterocycles. The number of amides is 1. The van der Waals surface area contributed by atoms with Gasteiger partial charge in [0.1, 0.15) is 5.82 Å². The van der Waals surface area contributed by atoms with Crippen molar-refractivity contribution in [3.63, 3.8) is 0 Å². The number of hydrogen-bond acceptors (Lipinski definition) is 1. The first-order chi connectivity index (χ1) is 6.99. The van der Waals surface area contributed by atoms with Crippen LogP contribution >= 0.6 is 15.9 Å². The van der Waals surface area contributed by atoms with E-state index < -0.39 is 0 Å². The van der Waals surface area contributed by atoms with Crippen LogP contribution in [0.3, 0.4) is 0 Å². The Labute approximate surface area is 97.0 Å². The fourth-order valence-corrected chi connectivity index (χ4v) is 1.70. The van der Waals surface area contributed by atoms with E-state index in [0.29, 0.717) is 4.47 Å². The fraction of sp³-hybridized carbons (Fsp3) is 0.364. The molecule has 1 amide bonds. The third-order valence-corrected chi connectivity index (χ3v) is 2.55. The average Bonchev–Trinajstić information content (AvgIpc) is 2.08. The van der Waals surface area contributed by atoms with E-state index in [-0.39, 0.29) is 24.2 Å². The molecule has 1 N–H and O–H groups in total. The van der Waals surface area contributed by atoms with Crippen LogP contribution in [0.1, 0.15) is 19.4 Å². The van der Waals surface area contributed by atoms with Gasteiger partial charge in [-0.3, -0.25) is 4.79 Å². The van der Waals surface area contributed by atoms with E-state index in [1.807, 2.05) is 13.8 Å². The van der Waals surface area contributed by atoms with Crippen LogP contribution in [-0.4, -0.2) is 11.9 Å². The molecule has 0 bridgehead atoms. The number of benzene rings is 1. The molecule has 0 saturated carbocycles. The van der Waals surface area contributed by atoms with Gasteiger partial charge in [-0.2, -0.15) is 0 Å². The lowest BCUT2D eigenvalue weighted by atomic mass is 10.1. The smallest absolute Gasteiger partial charge is 0.224 e. The minimum atomic E-state index is -0.310. The lowest BCUT2D eigenvalue weighted by molar-refractivity contribution is -0.120. The monoisotopic (exact) mass is 273 g/mol. The number of rotatable bonds is 3. The molecule has 4 heteroatoms. The van der Waals surface area contributed by atoms with Gasteiger partial charge in [-0.05, 0) is 31.5 Å². The second-order valence-corrected chi connectivity index (χ2v) is 4.49. The van der Waals surface area contributed by atoms with Gasteiger partial charge in [-0.25, -0.2) is 4.39 Å². The maximum atomic E-state index is 12.8. The van der Waals surface area contributed by atoms with Gasteiger partial charge in [0, 0.05) is 10.5 Å². The molecule has 82 valence electrons. The van der Waals surface area contributed by atoms with E-state index in [0.717, 1.165) is 5.56 Å². The Morgan fingerprint density at radius 2 is 2.20 bits per heavy atom. The van der Waals surface area contributed by atoms with Gasteiger partial charge in [0.25, 0.3) is 0 Å². The molecular weight excluding hydrogens is 261 g/mol. The minimum Gasteiger partial charge on any atom is -0.354 e. The summed E-state index contributed by atoms with van der Waals surface area (Å²) < 4.78 is 13.4. The van der Waals surface area contributed by atoms with E-state index >= 15 is 0 Å². The maximum absolute atomic E-state index is 12.8. The zero-order valence-corrected chi connectivity index (χ0v) is 10.3. The molecule has 0 spiro atoms. The molecule has 0 radical (unpaired) electrons. The van der Waals surface area contributed by atoms with Crippen LogP contribution in [0.15, 0.2) is 22.7 Å². The highest BCUT2D eigenvalue weighted by Gasteiger charge is 2.08. The highest BCUT2D eigenvalue weighted by atomic mass is 79.9. The zero-order chi connectivity index (χ0) is 11.4. The van der Waals surface area contributed by atoms with Crippen molar-refractivity contribution in [2.24, 2.45) is 0 Å². The minimum absolute atomic E-state index is 0.0580. The van der Waals surface area contributed by atoms with Gasteiger partial charge in [-0.1, -0.05) is 22.0 Å². The highest BCUT2D eigenvalue weighted by Crippen LogP contribution is 2.18. The summed E-state index contributed by atoms with van der Waals surface area (Å²) in [7, 11) is 0.